The number of nitro groups is 1. The van der Waals surface area contributed by atoms with Crippen LogP contribution in [0.4, 0.5) is 17.1 Å². The molecule has 204 valence electrons. The third-order valence-electron chi connectivity index (χ3n) is 8.15. The summed E-state index contributed by atoms with van der Waals surface area (Å²) in [5, 5.41) is 18.2. The van der Waals surface area contributed by atoms with E-state index in [1.165, 1.54) is 23.3 Å². The van der Waals surface area contributed by atoms with Crippen LogP contribution in [-0.2, 0) is 22.4 Å². The number of amides is 1. The van der Waals surface area contributed by atoms with Crippen molar-refractivity contribution in [1.29, 1.82) is 0 Å². The number of anilines is 2. The predicted octanol–water partition coefficient (Wildman–Crippen LogP) is 5.49. The minimum Gasteiger partial charge on any atom is -0.357 e. The summed E-state index contributed by atoms with van der Waals surface area (Å²) in [4.78, 5) is 40.4. The van der Waals surface area contributed by atoms with Gasteiger partial charge in [-0.1, -0.05) is 50.2 Å². The van der Waals surface area contributed by atoms with Crippen LogP contribution in [0.3, 0.4) is 0 Å². The second kappa shape index (κ2) is 9.93. The SMILES string of the molecule is CC1(C)CC(=O)C2=C(C1)Nc1ccccc1N(CC(=O)NC1Cc3ccccc3C1)C2c1ccc([N+](=O)[O-])cc1. The van der Waals surface area contributed by atoms with E-state index in [4.69, 9.17) is 0 Å². The number of carbonyl (C=O) groups is 2. The van der Waals surface area contributed by atoms with Crippen molar-refractivity contribution in [3.8, 4) is 0 Å². The van der Waals surface area contributed by atoms with Crippen LogP contribution in [0.2, 0.25) is 0 Å². The average molecular weight is 537 g/mol. The van der Waals surface area contributed by atoms with Crippen molar-refractivity contribution in [2.75, 3.05) is 16.8 Å². The number of non-ortho nitro benzene ring substituents is 1. The molecule has 1 aliphatic heterocycles. The second-order valence-electron chi connectivity index (χ2n) is 11.8. The highest BCUT2D eigenvalue weighted by atomic mass is 16.6. The maximum atomic E-state index is 13.8. The van der Waals surface area contributed by atoms with Crippen LogP contribution in [0.25, 0.3) is 0 Å². The summed E-state index contributed by atoms with van der Waals surface area (Å²) in [6, 6.07) is 21.8. The summed E-state index contributed by atoms with van der Waals surface area (Å²) >= 11 is 0. The van der Waals surface area contributed by atoms with E-state index in [1.54, 1.807) is 12.1 Å². The Labute approximate surface area is 233 Å². The summed E-state index contributed by atoms with van der Waals surface area (Å²) in [5.41, 5.74) is 6.08. The first-order chi connectivity index (χ1) is 19.2. The first kappa shape index (κ1) is 25.8. The zero-order chi connectivity index (χ0) is 28.0. The minimum atomic E-state index is -0.581. The molecule has 2 aliphatic carbocycles. The monoisotopic (exact) mass is 536 g/mol. The van der Waals surface area contributed by atoms with Crippen molar-refractivity contribution in [2.45, 2.75) is 51.6 Å². The molecule has 0 bridgehead atoms. The van der Waals surface area contributed by atoms with Gasteiger partial charge in [0, 0.05) is 35.9 Å². The number of nitrogens with one attached hydrogen (secondary N) is 2. The predicted molar refractivity (Wildman–Crippen MR) is 154 cm³/mol. The molecule has 1 atom stereocenters. The summed E-state index contributed by atoms with van der Waals surface area (Å²) < 4.78 is 0. The molecule has 1 amide bonds. The maximum absolute atomic E-state index is 13.8. The van der Waals surface area contributed by atoms with E-state index in [-0.39, 0.29) is 35.4 Å². The third kappa shape index (κ3) is 4.85. The number of rotatable bonds is 5. The Morgan fingerprint density at radius 2 is 1.65 bits per heavy atom. The number of hydrogen-bond acceptors (Lipinski definition) is 6. The highest BCUT2D eigenvalue weighted by Gasteiger charge is 2.42. The molecular formula is C32H32N4O4. The molecule has 0 fully saturated rings. The number of nitro benzene ring substituents is 1. The summed E-state index contributed by atoms with van der Waals surface area (Å²) in [7, 11) is 0. The Balaban J connectivity index is 1.40. The Morgan fingerprint density at radius 1 is 1.00 bits per heavy atom. The molecular weight excluding hydrogens is 504 g/mol. The fourth-order valence-electron chi connectivity index (χ4n) is 6.44. The first-order valence-corrected chi connectivity index (χ1v) is 13.7. The molecule has 1 unspecified atom stereocenters. The Kier molecular flexibility index (Phi) is 6.41. The maximum Gasteiger partial charge on any atom is 0.269 e. The lowest BCUT2D eigenvalue weighted by molar-refractivity contribution is -0.384. The van der Waals surface area contributed by atoms with Crippen molar-refractivity contribution in [3.63, 3.8) is 0 Å². The van der Waals surface area contributed by atoms with Gasteiger partial charge in [-0.3, -0.25) is 19.7 Å². The highest BCUT2D eigenvalue weighted by molar-refractivity contribution is 6.02. The lowest BCUT2D eigenvalue weighted by Crippen LogP contribution is -2.45. The minimum absolute atomic E-state index is 0.00922. The van der Waals surface area contributed by atoms with E-state index in [0.29, 0.717) is 18.4 Å². The van der Waals surface area contributed by atoms with Crippen molar-refractivity contribution in [3.05, 3.63) is 111 Å². The molecule has 3 aliphatic rings. The van der Waals surface area contributed by atoms with Crippen LogP contribution in [0.15, 0.2) is 84.1 Å². The molecule has 0 saturated heterocycles. The van der Waals surface area contributed by atoms with Crippen molar-refractivity contribution in [1.82, 2.24) is 5.32 Å². The molecule has 8 heteroatoms. The number of fused-ring (bicyclic) bond motifs is 2. The highest BCUT2D eigenvalue weighted by Crippen LogP contribution is 2.48. The normalized spacial score (nSPS) is 19.7. The standard InChI is InChI=1S/C32H32N4O4/c1-32(2)17-26-30(28(37)18-32)31(20-11-13-24(14-12-20)36(39)40)35(27-10-6-5-9-25(27)34-26)19-29(38)33-23-15-21-7-3-4-8-22(21)16-23/h3-14,23,31,34H,15-19H2,1-2H3,(H,33,38). The van der Waals surface area contributed by atoms with E-state index in [0.717, 1.165) is 35.5 Å². The number of hydrogen-bond donors (Lipinski definition) is 2. The van der Waals surface area contributed by atoms with Crippen molar-refractivity contribution in [2.24, 2.45) is 5.41 Å². The zero-order valence-electron chi connectivity index (χ0n) is 22.6. The van der Waals surface area contributed by atoms with Crippen LogP contribution in [0.1, 0.15) is 49.4 Å². The van der Waals surface area contributed by atoms with Crippen LogP contribution < -0.4 is 15.5 Å². The largest absolute Gasteiger partial charge is 0.357 e. The number of benzene rings is 3. The van der Waals surface area contributed by atoms with Crippen LogP contribution >= 0.6 is 0 Å². The number of allylic oxidation sites excluding steroid dienone is 1. The van der Waals surface area contributed by atoms with Gasteiger partial charge < -0.3 is 15.5 Å². The fourth-order valence-corrected chi connectivity index (χ4v) is 6.44. The second-order valence-corrected chi connectivity index (χ2v) is 11.8. The lowest BCUT2D eigenvalue weighted by atomic mass is 9.73. The van der Waals surface area contributed by atoms with Gasteiger partial charge in [-0.05, 0) is 65.6 Å². The van der Waals surface area contributed by atoms with Crippen LogP contribution in [0, 0.1) is 15.5 Å². The fraction of sp³-hybridized carbons (Fsp3) is 0.312. The molecule has 1 heterocycles. The van der Waals surface area contributed by atoms with E-state index in [2.05, 4.69) is 36.6 Å². The van der Waals surface area contributed by atoms with E-state index >= 15 is 0 Å². The van der Waals surface area contributed by atoms with Crippen molar-refractivity contribution < 1.29 is 14.5 Å². The summed E-state index contributed by atoms with van der Waals surface area (Å²) in [6.07, 6.45) is 2.63. The molecule has 0 radical (unpaired) electrons. The van der Waals surface area contributed by atoms with Gasteiger partial charge in [0.15, 0.2) is 5.78 Å². The van der Waals surface area contributed by atoms with Crippen molar-refractivity contribution >= 4 is 28.8 Å². The van der Waals surface area contributed by atoms with Gasteiger partial charge in [0.05, 0.1) is 28.9 Å². The zero-order valence-corrected chi connectivity index (χ0v) is 22.6. The first-order valence-electron chi connectivity index (χ1n) is 13.7. The van der Waals surface area contributed by atoms with Gasteiger partial charge >= 0.3 is 0 Å². The summed E-state index contributed by atoms with van der Waals surface area (Å²) in [6.45, 7) is 4.19. The topological polar surface area (TPSA) is 105 Å². The molecule has 3 aromatic carbocycles. The van der Waals surface area contributed by atoms with Gasteiger partial charge in [0.2, 0.25) is 5.91 Å². The molecule has 8 nitrogen and oxygen atoms in total. The number of carbonyl (C=O) groups excluding carboxylic acids is 2. The molecule has 3 aromatic rings. The van der Waals surface area contributed by atoms with Crippen LogP contribution in [0.5, 0.6) is 0 Å². The quantitative estimate of drug-likeness (QED) is 0.330. The van der Waals surface area contributed by atoms with Gasteiger partial charge in [-0.15, -0.1) is 0 Å². The Morgan fingerprint density at radius 3 is 2.33 bits per heavy atom. The van der Waals surface area contributed by atoms with Gasteiger partial charge in [0.25, 0.3) is 5.69 Å². The number of Topliss-reactive ketones (excluding diaryl/α,β-unsaturated/α-hetero) is 1. The molecule has 2 N–H and O–H groups in total. The molecule has 40 heavy (non-hydrogen) atoms. The van der Waals surface area contributed by atoms with Gasteiger partial charge in [-0.25, -0.2) is 0 Å². The number of ketones is 1. The number of para-hydroxylation sites is 2. The smallest absolute Gasteiger partial charge is 0.269 e. The van der Waals surface area contributed by atoms with Gasteiger partial charge in [-0.2, -0.15) is 0 Å². The van der Waals surface area contributed by atoms with Gasteiger partial charge in [0.1, 0.15) is 0 Å². The molecule has 0 aromatic heterocycles. The lowest BCUT2D eigenvalue weighted by Gasteiger charge is -2.38. The molecule has 0 saturated carbocycles. The van der Waals surface area contributed by atoms with E-state index in [9.17, 15) is 19.7 Å². The Hall–Kier alpha value is -4.46. The van der Waals surface area contributed by atoms with E-state index in [1.807, 2.05) is 41.3 Å². The number of nitrogens with zero attached hydrogens (tertiary/aromatic N) is 2. The molecule has 6 rings (SSSR count). The molecule has 0 spiro atoms. The third-order valence-corrected chi connectivity index (χ3v) is 8.15. The average Bonchev–Trinajstić information content (AvgIpc) is 3.26. The summed E-state index contributed by atoms with van der Waals surface area (Å²) in [5.74, 6) is -0.112. The van der Waals surface area contributed by atoms with E-state index < -0.39 is 11.0 Å². The Bertz CT molecular complexity index is 1520. The van der Waals surface area contributed by atoms with Crippen LogP contribution in [-0.4, -0.2) is 29.2 Å².